The minimum atomic E-state index is -0.778. The molecule has 0 bridgehead atoms. The van der Waals surface area contributed by atoms with Crippen LogP contribution in [0.15, 0.2) is 65.4 Å². The molecule has 0 aliphatic heterocycles. The molecule has 0 radical (unpaired) electrons. The Hall–Kier alpha value is -4.34. The number of imide groups is 1. The van der Waals surface area contributed by atoms with Gasteiger partial charge < -0.3 is 24.5 Å². The van der Waals surface area contributed by atoms with Crippen molar-refractivity contribution in [3.63, 3.8) is 0 Å². The van der Waals surface area contributed by atoms with Crippen LogP contribution in [0.25, 0.3) is 0 Å². The Bertz CT molecular complexity index is 1050. The van der Waals surface area contributed by atoms with Gasteiger partial charge in [-0.2, -0.15) is 0 Å². The van der Waals surface area contributed by atoms with Crippen molar-refractivity contribution in [2.45, 2.75) is 13.5 Å². The van der Waals surface area contributed by atoms with Gasteiger partial charge in [0.2, 0.25) is 0 Å². The standard InChI is InChI=1S/C22H22N4O6/c1-2-30-16-9-7-15(8-10-16)25-20-18(6-3-11-23-20)21(28)32-14-19(27)26-22(29)24-13-17-5-4-12-31-17/h3-12H,2,13-14H2,1H3,(H,23,25)(H2,24,26,27,29). The molecule has 0 aliphatic carbocycles. The van der Waals surface area contributed by atoms with Crippen LogP contribution in [0.3, 0.4) is 0 Å². The van der Waals surface area contributed by atoms with Crippen LogP contribution < -0.4 is 20.7 Å². The summed E-state index contributed by atoms with van der Waals surface area (Å²) in [6, 6.07) is 12.8. The van der Waals surface area contributed by atoms with Gasteiger partial charge in [0, 0.05) is 11.9 Å². The summed E-state index contributed by atoms with van der Waals surface area (Å²) in [5.74, 6) is -0.0303. The summed E-state index contributed by atoms with van der Waals surface area (Å²) in [4.78, 5) is 40.2. The van der Waals surface area contributed by atoms with Crippen LogP contribution in [0.2, 0.25) is 0 Å². The molecular formula is C22H22N4O6. The number of furan rings is 1. The van der Waals surface area contributed by atoms with E-state index in [9.17, 15) is 14.4 Å². The van der Waals surface area contributed by atoms with E-state index in [1.807, 2.05) is 6.92 Å². The maximum Gasteiger partial charge on any atom is 0.342 e. The number of anilines is 2. The molecule has 2 aromatic heterocycles. The van der Waals surface area contributed by atoms with Gasteiger partial charge in [0.25, 0.3) is 5.91 Å². The van der Waals surface area contributed by atoms with Crippen molar-refractivity contribution in [1.29, 1.82) is 0 Å². The number of urea groups is 1. The Kier molecular flexibility index (Phi) is 7.79. The Labute approximate surface area is 183 Å². The number of carbonyl (C=O) groups excluding carboxylic acids is 3. The number of aromatic nitrogens is 1. The lowest BCUT2D eigenvalue weighted by Crippen LogP contribution is -2.41. The van der Waals surface area contributed by atoms with Gasteiger partial charge in [-0.3, -0.25) is 10.1 Å². The summed E-state index contributed by atoms with van der Waals surface area (Å²) in [5, 5.41) is 7.55. The first-order valence-corrected chi connectivity index (χ1v) is 9.77. The first-order chi connectivity index (χ1) is 15.5. The fraction of sp³-hybridized carbons (Fsp3) is 0.182. The number of nitrogens with zero attached hydrogens (tertiary/aromatic N) is 1. The number of benzene rings is 1. The average Bonchev–Trinajstić information content (AvgIpc) is 3.32. The van der Waals surface area contributed by atoms with E-state index in [2.05, 4.69) is 20.9 Å². The molecule has 3 aromatic rings. The molecule has 0 saturated carbocycles. The van der Waals surface area contributed by atoms with Crippen LogP contribution in [0.1, 0.15) is 23.0 Å². The van der Waals surface area contributed by atoms with Crippen molar-refractivity contribution in [3.05, 3.63) is 72.3 Å². The molecule has 3 amide bonds. The summed E-state index contributed by atoms with van der Waals surface area (Å²) in [6.07, 6.45) is 2.99. The number of ether oxygens (including phenoxy) is 2. The Balaban J connectivity index is 1.51. The topological polar surface area (TPSA) is 132 Å². The fourth-order valence-electron chi connectivity index (χ4n) is 2.60. The summed E-state index contributed by atoms with van der Waals surface area (Å²) in [7, 11) is 0. The van der Waals surface area contributed by atoms with Crippen molar-refractivity contribution in [3.8, 4) is 5.75 Å². The highest BCUT2D eigenvalue weighted by molar-refractivity contribution is 5.99. The van der Waals surface area contributed by atoms with Crippen molar-refractivity contribution < 1.29 is 28.3 Å². The summed E-state index contributed by atoms with van der Waals surface area (Å²) >= 11 is 0. The van der Waals surface area contributed by atoms with E-state index in [1.54, 1.807) is 42.5 Å². The number of nitrogens with one attached hydrogen (secondary N) is 3. The van der Waals surface area contributed by atoms with Crippen molar-refractivity contribution in [2.24, 2.45) is 0 Å². The van der Waals surface area contributed by atoms with E-state index in [1.165, 1.54) is 18.5 Å². The second-order valence-electron chi connectivity index (χ2n) is 6.37. The van der Waals surface area contributed by atoms with Crippen LogP contribution in [-0.4, -0.2) is 36.1 Å². The van der Waals surface area contributed by atoms with Crippen LogP contribution in [0.5, 0.6) is 5.75 Å². The van der Waals surface area contributed by atoms with Gasteiger partial charge >= 0.3 is 12.0 Å². The summed E-state index contributed by atoms with van der Waals surface area (Å²) < 4.78 is 15.5. The third-order valence-electron chi connectivity index (χ3n) is 4.05. The molecule has 0 atom stereocenters. The Morgan fingerprint density at radius 2 is 1.88 bits per heavy atom. The van der Waals surface area contributed by atoms with Gasteiger partial charge in [0.15, 0.2) is 6.61 Å². The third-order valence-corrected chi connectivity index (χ3v) is 4.05. The lowest BCUT2D eigenvalue weighted by atomic mass is 10.2. The fourth-order valence-corrected chi connectivity index (χ4v) is 2.60. The molecule has 1 aromatic carbocycles. The van der Waals surface area contributed by atoms with E-state index in [4.69, 9.17) is 13.9 Å². The van der Waals surface area contributed by atoms with Crippen LogP contribution in [0.4, 0.5) is 16.3 Å². The third kappa shape index (κ3) is 6.59. The molecule has 10 nitrogen and oxygen atoms in total. The lowest BCUT2D eigenvalue weighted by Gasteiger charge is -2.11. The molecule has 0 fully saturated rings. The number of amides is 3. The van der Waals surface area contributed by atoms with Crippen LogP contribution >= 0.6 is 0 Å². The van der Waals surface area contributed by atoms with E-state index >= 15 is 0 Å². The summed E-state index contributed by atoms with van der Waals surface area (Å²) in [6.45, 7) is 1.93. The number of rotatable bonds is 9. The van der Waals surface area contributed by atoms with Gasteiger partial charge in [-0.05, 0) is 55.5 Å². The quantitative estimate of drug-likeness (QED) is 0.435. The molecule has 0 saturated heterocycles. The molecule has 32 heavy (non-hydrogen) atoms. The number of hydrogen-bond donors (Lipinski definition) is 3. The Morgan fingerprint density at radius 1 is 1.06 bits per heavy atom. The molecule has 0 aliphatic rings. The maximum atomic E-state index is 12.5. The zero-order valence-corrected chi connectivity index (χ0v) is 17.3. The molecule has 0 spiro atoms. The molecule has 3 rings (SSSR count). The molecule has 166 valence electrons. The first-order valence-electron chi connectivity index (χ1n) is 9.77. The largest absolute Gasteiger partial charge is 0.494 e. The van der Waals surface area contributed by atoms with E-state index in [0.29, 0.717) is 18.1 Å². The average molecular weight is 438 g/mol. The SMILES string of the molecule is CCOc1ccc(Nc2ncccc2C(=O)OCC(=O)NC(=O)NCc2ccco2)cc1. The van der Waals surface area contributed by atoms with Crippen molar-refractivity contribution in [1.82, 2.24) is 15.6 Å². The van der Waals surface area contributed by atoms with E-state index in [-0.39, 0.29) is 17.9 Å². The minimum Gasteiger partial charge on any atom is -0.494 e. The summed E-state index contributed by atoms with van der Waals surface area (Å²) in [5.41, 5.74) is 0.823. The van der Waals surface area contributed by atoms with Gasteiger partial charge in [0.1, 0.15) is 22.9 Å². The second-order valence-corrected chi connectivity index (χ2v) is 6.37. The van der Waals surface area contributed by atoms with Crippen molar-refractivity contribution >= 4 is 29.4 Å². The Morgan fingerprint density at radius 3 is 2.59 bits per heavy atom. The monoisotopic (exact) mass is 438 g/mol. The number of hydrogen-bond acceptors (Lipinski definition) is 8. The first kappa shape index (κ1) is 22.3. The second kappa shape index (κ2) is 11.2. The number of esters is 1. The predicted octanol–water partition coefficient (Wildman–Crippen LogP) is 3.00. The highest BCUT2D eigenvalue weighted by Crippen LogP contribution is 2.21. The molecule has 10 heteroatoms. The van der Waals surface area contributed by atoms with E-state index in [0.717, 1.165) is 5.75 Å². The van der Waals surface area contributed by atoms with Crippen LogP contribution in [0, 0.1) is 0 Å². The van der Waals surface area contributed by atoms with Gasteiger partial charge in [0.05, 0.1) is 19.4 Å². The molecule has 2 heterocycles. The highest BCUT2D eigenvalue weighted by Gasteiger charge is 2.17. The van der Waals surface area contributed by atoms with Gasteiger partial charge in [-0.1, -0.05) is 0 Å². The molecule has 0 unspecified atom stereocenters. The van der Waals surface area contributed by atoms with Gasteiger partial charge in [-0.15, -0.1) is 0 Å². The lowest BCUT2D eigenvalue weighted by molar-refractivity contribution is -0.123. The highest BCUT2D eigenvalue weighted by atomic mass is 16.5. The molecular weight excluding hydrogens is 416 g/mol. The number of carbonyl (C=O) groups is 3. The zero-order chi connectivity index (χ0) is 22.8. The smallest absolute Gasteiger partial charge is 0.342 e. The predicted molar refractivity (Wildman–Crippen MR) is 114 cm³/mol. The van der Waals surface area contributed by atoms with E-state index < -0.39 is 24.5 Å². The maximum absolute atomic E-state index is 12.5. The van der Waals surface area contributed by atoms with Crippen LogP contribution in [-0.2, 0) is 16.1 Å². The number of pyridine rings is 1. The van der Waals surface area contributed by atoms with Crippen molar-refractivity contribution in [2.75, 3.05) is 18.5 Å². The zero-order valence-electron chi connectivity index (χ0n) is 17.3. The van der Waals surface area contributed by atoms with Gasteiger partial charge in [-0.25, -0.2) is 14.6 Å². The minimum absolute atomic E-state index is 0.113. The normalized spacial score (nSPS) is 10.2. The molecule has 3 N–H and O–H groups in total.